The molecule has 0 fully saturated rings. The smallest absolute Gasteiger partial charge is 0.252 e. The van der Waals surface area contributed by atoms with Crippen LogP contribution < -0.4 is 5.56 Å². The van der Waals surface area contributed by atoms with Crippen molar-refractivity contribution in [1.29, 1.82) is 0 Å². The Hall–Kier alpha value is -4.17. The van der Waals surface area contributed by atoms with Gasteiger partial charge in [0.1, 0.15) is 5.82 Å². The van der Waals surface area contributed by atoms with Gasteiger partial charge in [0.05, 0.1) is 11.6 Å². The second kappa shape index (κ2) is 11.7. The fourth-order valence-corrected chi connectivity index (χ4v) is 5.10. The van der Waals surface area contributed by atoms with Crippen LogP contribution in [0.4, 0.5) is 4.39 Å². The van der Waals surface area contributed by atoms with E-state index in [0.717, 1.165) is 46.3 Å². The van der Waals surface area contributed by atoms with Crippen molar-refractivity contribution in [3.63, 3.8) is 0 Å². The summed E-state index contributed by atoms with van der Waals surface area (Å²) in [7, 11) is 0. The molecule has 0 aliphatic rings. The van der Waals surface area contributed by atoms with Crippen molar-refractivity contribution in [3.05, 3.63) is 123 Å². The van der Waals surface area contributed by atoms with Gasteiger partial charge in [0.15, 0.2) is 5.82 Å². The van der Waals surface area contributed by atoms with E-state index in [9.17, 15) is 9.18 Å². The van der Waals surface area contributed by atoms with E-state index in [1.165, 1.54) is 17.7 Å². The molecule has 8 heteroatoms. The summed E-state index contributed by atoms with van der Waals surface area (Å²) in [4.78, 5) is 18.6. The zero-order valence-corrected chi connectivity index (χ0v) is 22.6. The molecule has 5 aromatic rings. The first kappa shape index (κ1) is 26.4. The SMILES string of the molecule is CCC(c1nnnn1CCc1ccccc1)N(Cc1ccc(F)cc1)Cc1cc2ccc(C)c(C)c2[nH]c1=O. The second-order valence-electron chi connectivity index (χ2n) is 10.0. The van der Waals surface area contributed by atoms with Gasteiger partial charge in [-0.15, -0.1) is 5.10 Å². The summed E-state index contributed by atoms with van der Waals surface area (Å²) in [5.41, 5.74) is 5.78. The predicted molar refractivity (Wildman–Crippen MR) is 151 cm³/mol. The number of fused-ring (bicyclic) bond motifs is 1. The van der Waals surface area contributed by atoms with Crippen LogP contribution in [-0.2, 0) is 26.1 Å². The van der Waals surface area contributed by atoms with E-state index in [2.05, 4.69) is 50.5 Å². The third-order valence-electron chi connectivity index (χ3n) is 7.44. The first-order valence-corrected chi connectivity index (χ1v) is 13.3. The number of aromatic amines is 1. The Balaban J connectivity index is 1.49. The van der Waals surface area contributed by atoms with E-state index < -0.39 is 0 Å². The Bertz CT molecular complexity index is 1610. The van der Waals surface area contributed by atoms with Crippen molar-refractivity contribution in [1.82, 2.24) is 30.1 Å². The number of pyridine rings is 1. The summed E-state index contributed by atoms with van der Waals surface area (Å²) < 4.78 is 15.5. The van der Waals surface area contributed by atoms with E-state index in [1.54, 1.807) is 12.1 Å². The van der Waals surface area contributed by atoms with E-state index in [0.29, 0.717) is 25.2 Å². The highest BCUT2D eigenvalue weighted by Crippen LogP contribution is 2.27. The standard InChI is InChI=1S/C31H33FN6O/c1-4-28(30-34-35-36-38(30)17-16-23-8-6-5-7-9-23)37(19-24-11-14-27(32)15-12-24)20-26-18-25-13-10-21(2)22(3)29(25)33-31(26)39/h5-15,18,28H,4,16-17,19-20H2,1-3H3,(H,33,39). The van der Waals surface area contributed by atoms with Crippen molar-refractivity contribution in [3.8, 4) is 0 Å². The minimum atomic E-state index is -0.279. The molecule has 1 unspecified atom stereocenters. The number of H-pyrrole nitrogens is 1. The first-order valence-electron chi connectivity index (χ1n) is 13.3. The lowest BCUT2D eigenvalue weighted by Crippen LogP contribution is -2.32. The summed E-state index contributed by atoms with van der Waals surface area (Å²) >= 11 is 0. The van der Waals surface area contributed by atoms with Crippen LogP contribution in [0, 0.1) is 19.7 Å². The zero-order valence-electron chi connectivity index (χ0n) is 22.6. The summed E-state index contributed by atoms with van der Waals surface area (Å²) in [6, 6.07) is 22.7. The third-order valence-corrected chi connectivity index (χ3v) is 7.44. The highest BCUT2D eigenvalue weighted by molar-refractivity contribution is 5.83. The summed E-state index contributed by atoms with van der Waals surface area (Å²) in [5.74, 6) is 0.470. The molecular weight excluding hydrogens is 491 g/mol. The number of nitrogens with one attached hydrogen (secondary N) is 1. The quantitative estimate of drug-likeness (QED) is 0.255. The number of hydrogen-bond donors (Lipinski definition) is 1. The molecule has 3 aromatic carbocycles. The Kier molecular flexibility index (Phi) is 7.93. The molecule has 0 saturated carbocycles. The summed E-state index contributed by atoms with van der Waals surface area (Å²) in [6.45, 7) is 7.70. The summed E-state index contributed by atoms with van der Waals surface area (Å²) in [5, 5.41) is 13.7. The number of tetrazole rings is 1. The Morgan fingerprint density at radius 2 is 1.74 bits per heavy atom. The van der Waals surface area contributed by atoms with E-state index in [4.69, 9.17) is 0 Å². The van der Waals surface area contributed by atoms with Crippen LogP contribution >= 0.6 is 0 Å². The maximum atomic E-state index is 13.7. The maximum Gasteiger partial charge on any atom is 0.252 e. The molecule has 5 rings (SSSR count). The fourth-order valence-electron chi connectivity index (χ4n) is 5.10. The van der Waals surface area contributed by atoms with Crippen molar-refractivity contribution in [2.75, 3.05) is 0 Å². The average molecular weight is 525 g/mol. The van der Waals surface area contributed by atoms with E-state index in [1.807, 2.05) is 48.9 Å². The van der Waals surface area contributed by atoms with Crippen LogP contribution in [0.15, 0.2) is 77.6 Å². The molecule has 0 aliphatic heterocycles. The van der Waals surface area contributed by atoms with Crippen molar-refractivity contribution in [2.45, 2.75) is 59.3 Å². The van der Waals surface area contributed by atoms with Gasteiger partial charge >= 0.3 is 0 Å². The van der Waals surface area contributed by atoms with Crippen LogP contribution in [0.5, 0.6) is 0 Å². The summed E-state index contributed by atoms with van der Waals surface area (Å²) in [6.07, 6.45) is 1.53. The van der Waals surface area contributed by atoms with Crippen molar-refractivity contribution < 1.29 is 4.39 Å². The average Bonchev–Trinajstić information content (AvgIpc) is 3.41. The molecule has 7 nitrogen and oxygen atoms in total. The van der Waals surface area contributed by atoms with Crippen molar-refractivity contribution in [2.24, 2.45) is 0 Å². The molecule has 1 N–H and O–H groups in total. The number of benzene rings is 3. The molecular formula is C31H33FN6O. The predicted octanol–water partition coefficient (Wildman–Crippen LogP) is 5.67. The fraction of sp³-hybridized carbons (Fsp3) is 0.290. The van der Waals surface area contributed by atoms with Crippen LogP contribution in [0.1, 0.15) is 53.0 Å². The number of nitrogens with zero attached hydrogens (tertiary/aromatic N) is 5. The Morgan fingerprint density at radius 3 is 2.49 bits per heavy atom. The molecule has 1 atom stereocenters. The first-order chi connectivity index (χ1) is 18.9. The molecule has 0 aliphatic carbocycles. The molecule has 39 heavy (non-hydrogen) atoms. The minimum Gasteiger partial charge on any atom is -0.321 e. The van der Waals surface area contributed by atoms with Gasteiger partial charge in [-0.2, -0.15) is 0 Å². The van der Waals surface area contributed by atoms with Crippen LogP contribution in [0.2, 0.25) is 0 Å². The number of hydrogen-bond acceptors (Lipinski definition) is 5. The van der Waals surface area contributed by atoms with Crippen LogP contribution in [0.25, 0.3) is 10.9 Å². The van der Waals surface area contributed by atoms with Gasteiger partial charge in [-0.3, -0.25) is 9.69 Å². The number of halogens is 1. The Morgan fingerprint density at radius 1 is 0.974 bits per heavy atom. The number of aryl methyl sites for hydroxylation is 4. The normalized spacial score (nSPS) is 12.3. The van der Waals surface area contributed by atoms with Crippen molar-refractivity contribution >= 4 is 10.9 Å². The van der Waals surface area contributed by atoms with E-state index in [-0.39, 0.29) is 17.4 Å². The molecule has 0 bridgehead atoms. The zero-order chi connectivity index (χ0) is 27.4. The molecule has 2 heterocycles. The van der Waals surface area contributed by atoms with Gasteiger partial charge in [0.2, 0.25) is 0 Å². The molecule has 0 radical (unpaired) electrons. The van der Waals surface area contributed by atoms with Gasteiger partial charge in [-0.25, -0.2) is 9.07 Å². The van der Waals surface area contributed by atoms with Gasteiger partial charge in [0, 0.05) is 25.2 Å². The second-order valence-corrected chi connectivity index (χ2v) is 10.0. The third kappa shape index (κ3) is 5.96. The number of rotatable bonds is 10. The molecule has 200 valence electrons. The highest BCUT2D eigenvalue weighted by atomic mass is 19.1. The van der Waals surface area contributed by atoms with E-state index >= 15 is 0 Å². The number of aromatic nitrogens is 5. The minimum absolute atomic E-state index is 0.112. The molecule has 0 saturated heterocycles. The Labute approximate surface area is 227 Å². The van der Waals surface area contributed by atoms with Crippen LogP contribution in [0.3, 0.4) is 0 Å². The monoisotopic (exact) mass is 524 g/mol. The maximum absolute atomic E-state index is 13.7. The molecule has 2 aromatic heterocycles. The van der Waals surface area contributed by atoms with Gasteiger partial charge in [-0.05, 0) is 83.0 Å². The highest BCUT2D eigenvalue weighted by Gasteiger charge is 2.26. The lowest BCUT2D eigenvalue weighted by Gasteiger charge is -2.30. The molecule has 0 spiro atoms. The van der Waals surface area contributed by atoms with Crippen LogP contribution in [-0.4, -0.2) is 30.1 Å². The lowest BCUT2D eigenvalue weighted by molar-refractivity contribution is 0.160. The van der Waals surface area contributed by atoms with Gasteiger partial charge in [0.25, 0.3) is 5.56 Å². The molecule has 0 amide bonds. The lowest BCUT2D eigenvalue weighted by atomic mass is 10.0. The largest absolute Gasteiger partial charge is 0.321 e. The van der Waals surface area contributed by atoms with Gasteiger partial charge < -0.3 is 4.98 Å². The topological polar surface area (TPSA) is 79.7 Å². The van der Waals surface area contributed by atoms with Gasteiger partial charge in [-0.1, -0.05) is 61.5 Å².